The van der Waals surface area contributed by atoms with E-state index in [1.54, 1.807) is 57.2 Å². The smallest absolute Gasteiger partial charge is 0.417 e. The minimum absolute atomic E-state index is 0.0296. The number of rotatable bonds is 3. The Hall–Kier alpha value is -5.70. The number of halogens is 1. The predicted octanol–water partition coefficient (Wildman–Crippen LogP) is 5.18. The van der Waals surface area contributed by atoms with Crippen molar-refractivity contribution in [2.24, 2.45) is 7.05 Å². The molecule has 0 radical (unpaired) electrons. The van der Waals surface area contributed by atoms with Crippen LogP contribution in [0.5, 0.6) is 0 Å². The van der Waals surface area contributed by atoms with Gasteiger partial charge in [-0.15, -0.1) is 0 Å². The zero-order valence-electron chi connectivity index (χ0n) is 24.6. The highest BCUT2D eigenvalue weighted by atomic mass is 19.1. The fourth-order valence-electron chi connectivity index (χ4n) is 4.67. The van der Waals surface area contributed by atoms with Gasteiger partial charge in [-0.1, -0.05) is 24.0 Å². The summed E-state index contributed by atoms with van der Waals surface area (Å²) in [4.78, 5) is 48.0. The number of ether oxygens (including phenoxy) is 1. The van der Waals surface area contributed by atoms with E-state index in [1.807, 2.05) is 11.6 Å². The molecule has 0 aliphatic carbocycles. The second-order valence-corrected chi connectivity index (χ2v) is 11.0. The number of hydrogen-bond donors (Lipinski definition) is 3. The number of carbonyl (C=O) groups excluding carboxylic acids is 3. The lowest BCUT2D eigenvalue weighted by atomic mass is 10.1. The summed E-state index contributed by atoms with van der Waals surface area (Å²) in [5, 5.41) is 5.28. The van der Waals surface area contributed by atoms with Crippen LogP contribution in [0.2, 0.25) is 0 Å². The summed E-state index contributed by atoms with van der Waals surface area (Å²) >= 11 is 0. The fraction of sp³-hybridized carbons (Fsp3) is 0.219. The van der Waals surface area contributed by atoms with Gasteiger partial charge in [0, 0.05) is 48.8 Å². The second-order valence-electron chi connectivity index (χ2n) is 11.0. The largest absolute Gasteiger partial charge is 0.443 e. The van der Waals surface area contributed by atoms with Gasteiger partial charge in [0.2, 0.25) is 5.95 Å². The molecule has 0 saturated heterocycles. The third kappa shape index (κ3) is 6.68. The molecular weight excluding hydrogens is 565 g/mol. The Morgan fingerprint density at radius 2 is 1.75 bits per heavy atom. The summed E-state index contributed by atoms with van der Waals surface area (Å²) < 4.78 is 20.7. The van der Waals surface area contributed by atoms with Crippen molar-refractivity contribution in [1.82, 2.24) is 19.4 Å². The quantitative estimate of drug-likeness (QED) is 0.277. The molecule has 4 aromatic rings. The first-order valence-electron chi connectivity index (χ1n) is 13.7. The van der Waals surface area contributed by atoms with Crippen LogP contribution in [0.4, 0.5) is 31.3 Å². The van der Waals surface area contributed by atoms with Gasteiger partial charge in [-0.05, 0) is 63.2 Å². The van der Waals surface area contributed by atoms with Crippen molar-refractivity contribution >= 4 is 35.4 Å². The number of anilines is 3. The van der Waals surface area contributed by atoms with Crippen LogP contribution in [0.1, 0.15) is 48.0 Å². The number of aromatic nitrogens is 3. The lowest BCUT2D eigenvalue weighted by Crippen LogP contribution is -2.44. The average molecular weight is 596 g/mol. The van der Waals surface area contributed by atoms with Crippen LogP contribution in [0, 0.1) is 17.7 Å². The van der Waals surface area contributed by atoms with Gasteiger partial charge in [0.1, 0.15) is 17.1 Å². The highest BCUT2D eigenvalue weighted by Gasteiger charge is 2.35. The third-order valence-corrected chi connectivity index (χ3v) is 6.61. The van der Waals surface area contributed by atoms with Gasteiger partial charge in [0.25, 0.3) is 5.91 Å². The van der Waals surface area contributed by atoms with Crippen LogP contribution < -0.4 is 16.4 Å². The Morgan fingerprint density at radius 3 is 2.45 bits per heavy atom. The van der Waals surface area contributed by atoms with E-state index in [-0.39, 0.29) is 12.5 Å². The molecular formula is C32H30FN7O4. The van der Waals surface area contributed by atoms with Crippen LogP contribution >= 0.6 is 0 Å². The molecule has 2 aromatic carbocycles. The maximum atomic E-state index is 13.4. The standard InChI is InChI=1S/C32H30FN7O4/c1-32(2,3)44-31(43)40-14-13-25-24(28(40)41)17-26(39(25)4)27-20(18-35-29(34)38-27)12-11-19-7-5-9-22(15-19)36-30(42)37-23-10-6-8-21(33)16-23/h5-10,15-18H,13-14H2,1-4H3,(H2,34,35,38)(H2,36,37,42). The summed E-state index contributed by atoms with van der Waals surface area (Å²) in [7, 11) is 1.81. The van der Waals surface area contributed by atoms with Crippen molar-refractivity contribution in [1.29, 1.82) is 0 Å². The average Bonchev–Trinajstić information content (AvgIpc) is 3.28. The number of nitrogen functional groups attached to an aromatic ring is 1. The van der Waals surface area contributed by atoms with Crippen LogP contribution in [-0.2, 0) is 18.2 Å². The summed E-state index contributed by atoms with van der Waals surface area (Å²) in [6, 6.07) is 13.6. The van der Waals surface area contributed by atoms with E-state index in [1.165, 1.54) is 24.4 Å². The van der Waals surface area contributed by atoms with E-state index < -0.39 is 29.4 Å². The van der Waals surface area contributed by atoms with E-state index in [2.05, 4.69) is 32.4 Å². The van der Waals surface area contributed by atoms with Crippen molar-refractivity contribution in [2.45, 2.75) is 32.8 Å². The lowest BCUT2D eigenvalue weighted by Gasteiger charge is -2.28. The molecule has 12 heteroatoms. The maximum absolute atomic E-state index is 13.4. The Morgan fingerprint density at radius 1 is 1.05 bits per heavy atom. The second kappa shape index (κ2) is 11.9. The molecule has 44 heavy (non-hydrogen) atoms. The van der Waals surface area contributed by atoms with Crippen LogP contribution in [0.15, 0.2) is 60.8 Å². The number of benzene rings is 2. The van der Waals surface area contributed by atoms with Crippen molar-refractivity contribution in [3.63, 3.8) is 0 Å². The molecule has 0 saturated carbocycles. The molecule has 1 aliphatic heterocycles. The monoisotopic (exact) mass is 595 g/mol. The van der Waals surface area contributed by atoms with Crippen molar-refractivity contribution in [3.8, 4) is 23.2 Å². The first-order chi connectivity index (χ1) is 20.9. The van der Waals surface area contributed by atoms with Crippen LogP contribution in [0.25, 0.3) is 11.4 Å². The molecule has 0 atom stereocenters. The summed E-state index contributed by atoms with van der Waals surface area (Å²) in [5.41, 5.74) is 9.15. The van der Waals surface area contributed by atoms with E-state index in [0.717, 1.165) is 10.6 Å². The number of imide groups is 1. The number of urea groups is 1. The van der Waals surface area contributed by atoms with Gasteiger partial charge in [0.05, 0.1) is 16.8 Å². The van der Waals surface area contributed by atoms with Gasteiger partial charge in [-0.25, -0.2) is 28.8 Å². The lowest BCUT2D eigenvalue weighted by molar-refractivity contribution is 0.0232. The predicted molar refractivity (Wildman–Crippen MR) is 163 cm³/mol. The normalized spacial score (nSPS) is 12.6. The SMILES string of the molecule is Cn1c(-c2nc(N)ncc2C#Cc2cccc(NC(=O)Nc3cccc(F)c3)c2)cc2c1CCN(C(=O)OC(C)(C)C)C2=O. The molecule has 3 heterocycles. The van der Waals surface area contributed by atoms with Crippen molar-refractivity contribution in [2.75, 3.05) is 22.9 Å². The molecule has 0 fully saturated rings. The van der Waals surface area contributed by atoms with Gasteiger partial charge >= 0.3 is 12.1 Å². The van der Waals surface area contributed by atoms with Gasteiger partial charge in [-0.3, -0.25) is 4.79 Å². The number of nitrogens with one attached hydrogen (secondary N) is 2. The van der Waals surface area contributed by atoms with E-state index >= 15 is 0 Å². The topological polar surface area (TPSA) is 144 Å². The molecule has 4 N–H and O–H groups in total. The Balaban J connectivity index is 1.39. The molecule has 0 unspecified atom stereocenters. The van der Waals surface area contributed by atoms with E-state index in [9.17, 15) is 18.8 Å². The third-order valence-electron chi connectivity index (χ3n) is 6.61. The minimum atomic E-state index is -0.740. The number of hydrogen-bond acceptors (Lipinski definition) is 7. The van der Waals surface area contributed by atoms with Crippen LogP contribution in [-0.4, -0.2) is 49.6 Å². The summed E-state index contributed by atoms with van der Waals surface area (Å²) in [6.07, 6.45) is 1.24. The number of fused-ring (bicyclic) bond motifs is 1. The minimum Gasteiger partial charge on any atom is -0.443 e. The molecule has 4 amide bonds. The molecule has 0 spiro atoms. The zero-order valence-corrected chi connectivity index (χ0v) is 24.6. The fourth-order valence-corrected chi connectivity index (χ4v) is 4.67. The van der Waals surface area contributed by atoms with Crippen LogP contribution in [0.3, 0.4) is 0 Å². The van der Waals surface area contributed by atoms with E-state index in [0.29, 0.717) is 45.9 Å². The highest BCUT2D eigenvalue weighted by Crippen LogP contribution is 2.30. The number of nitrogens with two attached hydrogens (primary N) is 1. The first-order valence-corrected chi connectivity index (χ1v) is 13.7. The maximum Gasteiger partial charge on any atom is 0.417 e. The number of amides is 4. The Kier molecular flexibility index (Phi) is 8.05. The van der Waals surface area contributed by atoms with Gasteiger partial charge in [-0.2, -0.15) is 0 Å². The molecule has 0 bridgehead atoms. The first kappa shape index (κ1) is 29.8. The molecule has 2 aromatic heterocycles. The van der Waals surface area contributed by atoms with Gasteiger partial charge in [0.15, 0.2) is 0 Å². The van der Waals surface area contributed by atoms with Crippen molar-refractivity contribution in [3.05, 3.63) is 89.0 Å². The Labute approximate surface area is 253 Å². The molecule has 1 aliphatic rings. The number of carbonyl (C=O) groups is 3. The summed E-state index contributed by atoms with van der Waals surface area (Å²) in [6.45, 7) is 5.41. The zero-order chi connectivity index (χ0) is 31.6. The number of nitrogens with zero attached hydrogens (tertiary/aromatic N) is 4. The van der Waals surface area contributed by atoms with Gasteiger partial charge < -0.3 is 25.7 Å². The highest BCUT2D eigenvalue weighted by molar-refractivity contribution is 6.05. The van der Waals surface area contributed by atoms with Crippen molar-refractivity contribution < 1.29 is 23.5 Å². The Bertz CT molecular complexity index is 1850. The molecule has 5 rings (SSSR count). The molecule has 224 valence electrons. The van der Waals surface area contributed by atoms with E-state index in [4.69, 9.17) is 10.5 Å². The summed E-state index contributed by atoms with van der Waals surface area (Å²) in [5.74, 6) is 5.24. The molecule has 11 nitrogen and oxygen atoms in total.